The van der Waals surface area contributed by atoms with Gasteiger partial charge in [-0.05, 0) is 37.4 Å². The van der Waals surface area contributed by atoms with E-state index >= 15 is 0 Å². The third-order valence-electron chi connectivity index (χ3n) is 4.02. The first kappa shape index (κ1) is 13.8. The van der Waals surface area contributed by atoms with Gasteiger partial charge in [0.15, 0.2) is 0 Å². The van der Waals surface area contributed by atoms with Crippen LogP contribution in [0, 0.1) is 0 Å². The predicted octanol–water partition coefficient (Wildman–Crippen LogP) is 3.70. The number of fused-ring (bicyclic) bond motifs is 1. The zero-order chi connectivity index (χ0) is 13.9. The lowest BCUT2D eigenvalue weighted by Crippen LogP contribution is -2.05. The minimum absolute atomic E-state index is 0.596. The van der Waals surface area contributed by atoms with Gasteiger partial charge in [0.05, 0.1) is 10.7 Å². The van der Waals surface area contributed by atoms with Gasteiger partial charge in [0, 0.05) is 17.3 Å². The van der Waals surface area contributed by atoms with E-state index in [1.165, 1.54) is 33.1 Å². The van der Waals surface area contributed by atoms with Gasteiger partial charge >= 0.3 is 0 Å². The van der Waals surface area contributed by atoms with E-state index in [2.05, 4.69) is 36.5 Å². The average molecular weight is 286 g/mol. The van der Waals surface area contributed by atoms with Gasteiger partial charge < -0.3 is 5.32 Å². The van der Waals surface area contributed by atoms with Gasteiger partial charge in [0.1, 0.15) is 0 Å². The highest BCUT2D eigenvalue weighted by atomic mass is 32.1. The van der Waals surface area contributed by atoms with Gasteiger partial charge in [-0.25, -0.2) is 4.98 Å². The maximum absolute atomic E-state index is 4.96. The minimum atomic E-state index is 0.596. The van der Waals surface area contributed by atoms with Crippen LogP contribution in [0.15, 0.2) is 24.3 Å². The Kier molecular flexibility index (Phi) is 4.18. The number of nitrogens with zero attached hydrogens (tertiary/aromatic N) is 1. The van der Waals surface area contributed by atoms with E-state index < -0.39 is 0 Å². The third-order valence-corrected chi connectivity index (χ3v) is 5.28. The summed E-state index contributed by atoms with van der Waals surface area (Å²) in [6.45, 7) is 3.18. The first-order chi connectivity index (χ1) is 9.81. The fourth-order valence-electron chi connectivity index (χ4n) is 3.04. The molecule has 1 aromatic carbocycles. The van der Waals surface area contributed by atoms with Crippen molar-refractivity contribution < 1.29 is 0 Å². The number of rotatable bonds is 5. The van der Waals surface area contributed by atoms with Crippen LogP contribution in [-0.4, -0.2) is 12.0 Å². The fraction of sp³-hybridized carbons (Fsp3) is 0.471. The van der Waals surface area contributed by atoms with Crippen LogP contribution in [-0.2, 0) is 25.8 Å². The van der Waals surface area contributed by atoms with E-state index in [1.54, 1.807) is 0 Å². The van der Waals surface area contributed by atoms with Crippen molar-refractivity contribution in [3.63, 3.8) is 0 Å². The molecule has 20 heavy (non-hydrogen) atoms. The molecule has 106 valence electrons. The maximum atomic E-state index is 4.96. The normalized spacial score (nSPS) is 14.7. The van der Waals surface area contributed by atoms with Crippen LogP contribution < -0.4 is 5.32 Å². The average Bonchev–Trinajstić information content (AvgIpc) is 3.04. The Morgan fingerprint density at radius 3 is 2.55 bits per heavy atom. The number of nitrogens with one attached hydrogen (secondary N) is 1. The van der Waals surface area contributed by atoms with Crippen LogP contribution in [0.2, 0.25) is 0 Å². The molecule has 0 atom stereocenters. The van der Waals surface area contributed by atoms with Crippen LogP contribution in [0.1, 0.15) is 46.0 Å². The van der Waals surface area contributed by atoms with Crippen LogP contribution in [0.5, 0.6) is 0 Å². The molecule has 2 aromatic rings. The lowest BCUT2D eigenvalue weighted by Gasteiger charge is -2.03. The zero-order valence-electron chi connectivity index (χ0n) is 12.3. The third kappa shape index (κ3) is 2.65. The molecule has 0 saturated carbocycles. The second-order valence-electron chi connectivity index (χ2n) is 5.58. The molecule has 0 bridgehead atoms. The van der Waals surface area contributed by atoms with E-state index in [1.807, 2.05) is 18.4 Å². The summed E-state index contributed by atoms with van der Waals surface area (Å²) in [5, 5.41) is 4.62. The summed E-state index contributed by atoms with van der Waals surface area (Å²) < 4.78 is 0. The monoisotopic (exact) mass is 286 g/mol. The van der Waals surface area contributed by atoms with E-state index in [9.17, 15) is 0 Å². The molecular formula is C17H22N2S. The van der Waals surface area contributed by atoms with E-state index in [4.69, 9.17) is 4.98 Å². The Hall–Kier alpha value is -1.19. The summed E-state index contributed by atoms with van der Waals surface area (Å²) in [4.78, 5) is 6.39. The molecule has 0 aliphatic heterocycles. The number of aromatic nitrogens is 1. The van der Waals surface area contributed by atoms with Crippen LogP contribution in [0.4, 0.5) is 0 Å². The van der Waals surface area contributed by atoms with Crippen molar-refractivity contribution in [1.29, 1.82) is 0 Å². The topological polar surface area (TPSA) is 24.9 Å². The maximum Gasteiger partial charge on any atom is 0.0969 e. The largest absolute Gasteiger partial charge is 0.315 e. The number of hydrogen-bond acceptors (Lipinski definition) is 3. The summed E-state index contributed by atoms with van der Waals surface area (Å²) >= 11 is 1.92. The molecular weight excluding hydrogens is 264 g/mol. The highest BCUT2D eigenvalue weighted by Crippen LogP contribution is 2.36. The van der Waals surface area contributed by atoms with Crippen molar-refractivity contribution in [3.05, 3.63) is 51.0 Å². The van der Waals surface area contributed by atoms with Crippen molar-refractivity contribution in [2.45, 2.75) is 45.1 Å². The molecule has 1 aliphatic carbocycles. The van der Waals surface area contributed by atoms with Gasteiger partial charge in [-0.15, -0.1) is 11.3 Å². The van der Waals surface area contributed by atoms with Crippen molar-refractivity contribution in [1.82, 2.24) is 10.3 Å². The Balaban J connectivity index is 1.83. The molecule has 1 heterocycles. The molecule has 3 rings (SSSR count). The Bertz CT molecular complexity index is 540. The molecule has 0 amide bonds. The Labute approximate surface area is 125 Å². The molecule has 1 aliphatic rings. The van der Waals surface area contributed by atoms with Crippen LogP contribution in [0.3, 0.4) is 0 Å². The van der Waals surface area contributed by atoms with Crippen LogP contribution >= 0.6 is 11.3 Å². The summed E-state index contributed by atoms with van der Waals surface area (Å²) in [5.74, 6) is 0.596. The number of thiazole rings is 1. The molecule has 1 N–H and O–H groups in total. The lowest BCUT2D eigenvalue weighted by molar-refractivity contribution is 0.724. The number of hydrogen-bond donors (Lipinski definition) is 1. The van der Waals surface area contributed by atoms with Gasteiger partial charge in [-0.2, -0.15) is 0 Å². The van der Waals surface area contributed by atoms with Crippen LogP contribution in [0.25, 0.3) is 0 Å². The molecule has 0 saturated heterocycles. The summed E-state index contributed by atoms with van der Waals surface area (Å²) in [6, 6.07) is 8.84. The van der Waals surface area contributed by atoms with Crippen molar-refractivity contribution >= 4 is 11.3 Å². The highest BCUT2D eigenvalue weighted by molar-refractivity contribution is 7.11. The lowest BCUT2D eigenvalue weighted by atomic mass is 10.1. The SMILES string of the molecule is CCCc1nc(C2Cc3ccccc3C2)sc1CNC. The molecule has 0 unspecified atom stereocenters. The second-order valence-corrected chi connectivity index (χ2v) is 6.69. The zero-order valence-corrected chi connectivity index (χ0v) is 13.1. The minimum Gasteiger partial charge on any atom is -0.315 e. The smallest absolute Gasteiger partial charge is 0.0969 e. The second kappa shape index (κ2) is 6.06. The molecule has 2 nitrogen and oxygen atoms in total. The first-order valence-corrected chi connectivity index (χ1v) is 8.33. The van der Waals surface area contributed by atoms with Gasteiger partial charge in [-0.3, -0.25) is 0 Å². The van der Waals surface area contributed by atoms with Crippen molar-refractivity contribution in [2.75, 3.05) is 7.05 Å². The first-order valence-electron chi connectivity index (χ1n) is 7.51. The molecule has 0 radical (unpaired) electrons. The van der Waals surface area contributed by atoms with Crippen molar-refractivity contribution in [2.24, 2.45) is 0 Å². The Morgan fingerprint density at radius 2 is 1.95 bits per heavy atom. The fourth-order valence-corrected chi connectivity index (χ4v) is 4.27. The Morgan fingerprint density at radius 1 is 1.25 bits per heavy atom. The van der Waals surface area contributed by atoms with Gasteiger partial charge in [-0.1, -0.05) is 37.6 Å². The van der Waals surface area contributed by atoms with E-state index in [0.29, 0.717) is 5.92 Å². The molecule has 0 fully saturated rings. The molecule has 0 spiro atoms. The van der Waals surface area contributed by atoms with Crippen molar-refractivity contribution in [3.8, 4) is 0 Å². The van der Waals surface area contributed by atoms with Gasteiger partial charge in [0.2, 0.25) is 0 Å². The molecule has 3 heteroatoms. The molecule has 1 aromatic heterocycles. The summed E-state index contributed by atoms with van der Waals surface area (Å²) in [5.41, 5.74) is 4.35. The van der Waals surface area contributed by atoms with E-state index in [-0.39, 0.29) is 0 Å². The number of aryl methyl sites for hydroxylation is 1. The van der Waals surface area contributed by atoms with E-state index in [0.717, 1.165) is 25.8 Å². The summed E-state index contributed by atoms with van der Waals surface area (Å²) in [6.07, 6.45) is 4.60. The predicted molar refractivity (Wildman–Crippen MR) is 85.5 cm³/mol. The standard InChI is InChI=1S/C17H22N2S/c1-3-6-15-16(11-18-2)20-17(19-15)14-9-12-7-4-5-8-13(12)10-14/h4-5,7-8,14,18H,3,6,9-11H2,1-2H3. The number of benzene rings is 1. The summed E-state index contributed by atoms with van der Waals surface area (Å²) in [7, 11) is 2.01. The van der Waals surface area contributed by atoms with Gasteiger partial charge in [0.25, 0.3) is 0 Å². The quantitative estimate of drug-likeness (QED) is 0.906. The highest BCUT2D eigenvalue weighted by Gasteiger charge is 2.26.